The van der Waals surface area contributed by atoms with Gasteiger partial charge in [0.2, 0.25) is 5.88 Å². The first-order chi connectivity index (χ1) is 14.9. The highest BCUT2D eigenvalue weighted by Gasteiger charge is 2.20. The summed E-state index contributed by atoms with van der Waals surface area (Å²) in [6.45, 7) is 0.455. The SMILES string of the molecule is Cl.NCC(CCl)COc1ncncc1NC(=O)c1ccc(F)c(-c2c(F)cccc2F)n1. The van der Waals surface area contributed by atoms with E-state index in [9.17, 15) is 18.0 Å². The molecule has 3 aromatic rings. The number of carbonyl (C=O) groups is 1. The molecule has 1 unspecified atom stereocenters. The molecule has 1 amide bonds. The van der Waals surface area contributed by atoms with Gasteiger partial charge in [-0.3, -0.25) is 4.79 Å². The molecule has 0 fully saturated rings. The summed E-state index contributed by atoms with van der Waals surface area (Å²) in [5.41, 5.74) is 4.11. The van der Waals surface area contributed by atoms with Gasteiger partial charge >= 0.3 is 0 Å². The molecule has 0 spiro atoms. The number of halogens is 5. The summed E-state index contributed by atoms with van der Waals surface area (Å²) < 4.78 is 47.9. The van der Waals surface area contributed by atoms with Gasteiger partial charge in [-0.25, -0.2) is 23.1 Å². The fraction of sp³-hybridized carbons (Fsp3) is 0.200. The summed E-state index contributed by atoms with van der Waals surface area (Å²) in [4.78, 5) is 24.2. The summed E-state index contributed by atoms with van der Waals surface area (Å²) in [5, 5.41) is 2.49. The van der Waals surface area contributed by atoms with Crippen LogP contribution in [-0.2, 0) is 0 Å². The molecule has 0 saturated carbocycles. The van der Waals surface area contributed by atoms with Crippen molar-refractivity contribution in [2.75, 3.05) is 24.3 Å². The van der Waals surface area contributed by atoms with Crippen molar-refractivity contribution in [2.24, 2.45) is 11.7 Å². The van der Waals surface area contributed by atoms with Crippen molar-refractivity contribution < 1.29 is 22.7 Å². The number of pyridine rings is 1. The highest BCUT2D eigenvalue weighted by atomic mass is 35.5. The number of amides is 1. The van der Waals surface area contributed by atoms with E-state index in [1.807, 2.05) is 0 Å². The van der Waals surface area contributed by atoms with Crippen LogP contribution >= 0.6 is 24.0 Å². The first-order valence-electron chi connectivity index (χ1n) is 9.05. The van der Waals surface area contributed by atoms with Gasteiger partial charge in [0.15, 0.2) is 0 Å². The van der Waals surface area contributed by atoms with Crippen molar-refractivity contribution in [1.29, 1.82) is 0 Å². The van der Waals surface area contributed by atoms with Gasteiger partial charge in [0.25, 0.3) is 5.91 Å². The summed E-state index contributed by atoms with van der Waals surface area (Å²) >= 11 is 5.78. The van der Waals surface area contributed by atoms with Crippen molar-refractivity contribution >= 4 is 35.6 Å². The van der Waals surface area contributed by atoms with Gasteiger partial charge in [0.05, 0.1) is 18.4 Å². The molecule has 32 heavy (non-hydrogen) atoms. The second kappa shape index (κ2) is 11.6. The van der Waals surface area contributed by atoms with Gasteiger partial charge < -0.3 is 15.8 Å². The van der Waals surface area contributed by atoms with Crippen LogP contribution in [0.5, 0.6) is 5.88 Å². The predicted octanol–water partition coefficient (Wildman–Crippen LogP) is 3.82. The first kappa shape index (κ1) is 25.3. The van der Waals surface area contributed by atoms with E-state index in [-0.39, 0.29) is 48.1 Å². The van der Waals surface area contributed by atoms with Crippen LogP contribution in [0, 0.1) is 23.4 Å². The van der Waals surface area contributed by atoms with Crippen molar-refractivity contribution in [3.8, 4) is 17.1 Å². The zero-order valence-electron chi connectivity index (χ0n) is 16.4. The molecule has 2 aromatic heterocycles. The third-order valence-corrected chi connectivity index (χ3v) is 4.65. The third kappa shape index (κ3) is 5.84. The van der Waals surface area contributed by atoms with Gasteiger partial charge in [-0.1, -0.05) is 6.07 Å². The molecule has 1 atom stereocenters. The molecule has 0 radical (unpaired) electrons. The van der Waals surface area contributed by atoms with Gasteiger partial charge in [0, 0.05) is 11.8 Å². The summed E-state index contributed by atoms with van der Waals surface area (Å²) in [6, 6.07) is 5.04. The fourth-order valence-electron chi connectivity index (χ4n) is 2.55. The Hall–Kier alpha value is -2.95. The highest BCUT2D eigenvalue weighted by molar-refractivity contribution is 6.18. The standard InChI is InChI=1S/C20H17ClF3N5O2.ClH/c21-6-11(7-25)9-31-20-16(8-26-10-27-20)29-19(30)15-5-4-14(24)18(28-15)17-12(22)2-1-3-13(17)23;/h1-5,8,10-11H,6-7,9,25H2,(H,29,30);1H. The zero-order chi connectivity index (χ0) is 22.4. The minimum Gasteiger partial charge on any atom is -0.476 e. The van der Waals surface area contributed by atoms with E-state index < -0.39 is 34.6 Å². The molecule has 170 valence electrons. The van der Waals surface area contributed by atoms with Crippen LogP contribution in [0.3, 0.4) is 0 Å². The average Bonchev–Trinajstić information content (AvgIpc) is 2.76. The number of carbonyl (C=O) groups excluding carboxylic acids is 1. The van der Waals surface area contributed by atoms with Crippen LogP contribution in [0.1, 0.15) is 10.5 Å². The van der Waals surface area contributed by atoms with Gasteiger partial charge in [0.1, 0.15) is 40.9 Å². The number of nitrogens with two attached hydrogens (primary N) is 1. The monoisotopic (exact) mass is 487 g/mol. The number of alkyl halides is 1. The minimum absolute atomic E-state index is 0. The predicted molar refractivity (Wildman–Crippen MR) is 116 cm³/mol. The molecule has 3 N–H and O–H groups in total. The minimum atomic E-state index is -1.01. The molecule has 12 heteroatoms. The lowest BCUT2D eigenvalue weighted by molar-refractivity contribution is 0.102. The largest absolute Gasteiger partial charge is 0.476 e. The van der Waals surface area contributed by atoms with Crippen LogP contribution in [0.2, 0.25) is 0 Å². The Labute approximate surface area is 192 Å². The number of hydrogen-bond donors (Lipinski definition) is 2. The maximum absolute atomic E-state index is 14.2. The maximum atomic E-state index is 14.2. The Morgan fingerprint density at radius 1 is 1.16 bits per heavy atom. The number of aromatic nitrogens is 3. The number of anilines is 1. The number of ether oxygens (including phenoxy) is 1. The second-order valence-corrected chi connectivity index (χ2v) is 6.69. The van der Waals surface area contributed by atoms with Crippen molar-refractivity contribution in [3.63, 3.8) is 0 Å². The van der Waals surface area contributed by atoms with Crippen molar-refractivity contribution in [2.45, 2.75) is 0 Å². The Morgan fingerprint density at radius 3 is 2.53 bits per heavy atom. The van der Waals surface area contributed by atoms with Crippen molar-refractivity contribution in [3.05, 3.63) is 66.0 Å². The quantitative estimate of drug-likeness (QED) is 0.468. The van der Waals surface area contributed by atoms with Crippen LogP contribution in [0.25, 0.3) is 11.3 Å². The lowest BCUT2D eigenvalue weighted by Gasteiger charge is -2.14. The van der Waals surface area contributed by atoms with E-state index in [1.54, 1.807) is 0 Å². The Kier molecular flexibility index (Phi) is 9.18. The molecule has 0 aliphatic rings. The number of nitrogens with one attached hydrogen (secondary N) is 1. The van der Waals surface area contributed by atoms with Crippen LogP contribution < -0.4 is 15.8 Å². The summed E-state index contributed by atoms with van der Waals surface area (Å²) in [5.74, 6) is -3.58. The van der Waals surface area contributed by atoms with E-state index in [4.69, 9.17) is 22.1 Å². The molecule has 3 rings (SSSR count). The topological polar surface area (TPSA) is 103 Å². The number of nitrogens with zero attached hydrogens (tertiary/aromatic N) is 3. The molecule has 0 aliphatic heterocycles. The fourth-order valence-corrected chi connectivity index (χ4v) is 2.76. The van der Waals surface area contributed by atoms with Gasteiger partial charge in [-0.2, -0.15) is 4.98 Å². The van der Waals surface area contributed by atoms with E-state index in [1.165, 1.54) is 12.5 Å². The van der Waals surface area contributed by atoms with Crippen molar-refractivity contribution in [1.82, 2.24) is 15.0 Å². The lowest BCUT2D eigenvalue weighted by Crippen LogP contribution is -2.23. The van der Waals surface area contributed by atoms with Gasteiger partial charge in [-0.15, -0.1) is 24.0 Å². The first-order valence-corrected chi connectivity index (χ1v) is 9.59. The lowest BCUT2D eigenvalue weighted by atomic mass is 10.1. The molecule has 1 aromatic carbocycles. The number of hydrogen-bond acceptors (Lipinski definition) is 6. The Morgan fingerprint density at radius 2 is 1.88 bits per heavy atom. The number of rotatable bonds is 8. The van der Waals surface area contributed by atoms with E-state index in [0.29, 0.717) is 6.54 Å². The molecular weight excluding hydrogens is 470 g/mol. The molecular formula is C20H18Cl2F3N5O2. The zero-order valence-corrected chi connectivity index (χ0v) is 18.0. The van der Waals surface area contributed by atoms with Gasteiger partial charge in [-0.05, 0) is 30.8 Å². The summed E-state index contributed by atoms with van der Waals surface area (Å²) in [7, 11) is 0. The highest BCUT2D eigenvalue weighted by Crippen LogP contribution is 2.27. The Bertz CT molecular complexity index is 1070. The normalized spacial score (nSPS) is 11.4. The third-order valence-electron chi connectivity index (χ3n) is 4.21. The van der Waals surface area contributed by atoms with Crippen LogP contribution in [0.15, 0.2) is 42.9 Å². The molecule has 0 aliphatic carbocycles. The van der Waals surface area contributed by atoms with E-state index >= 15 is 0 Å². The van der Waals surface area contributed by atoms with Crippen LogP contribution in [-0.4, -0.2) is 39.9 Å². The summed E-state index contributed by atoms with van der Waals surface area (Å²) in [6.07, 6.45) is 2.51. The smallest absolute Gasteiger partial charge is 0.274 e. The van der Waals surface area contributed by atoms with E-state index in [2.05, 4.69) is 20.3 Å². The molecule has 0 saturated heterocycles. The van der Waals surface area contributed by atoms with Crippen LogP contribution in [0.4, 0.5) is 18.9 Å². The number of benzene rings is 1. The molecule has 7 nitrogen and oxygen atoms in total. The molecule has 2 heterocycles. The molecule has 0 bridgehead atoms. The average molecular weight is 488 g/mol. The Balaban J connectivity index is 0.00000363. The second-order valence-electron chi connectivity index (χ2n) is 6.39. The maximum Gasteiger partial charge on any atom is 0.274 e. The van der Waals surface area contributed by atoms with E-state index in [0.717, 1.165) is 30.3 Å².